The van der Waals surface area contributed by atoms with Crippen molar-refractivity contribution in [3.05, 3.63) is 57.8 Å². The standard InChI is InChI=1S/C22H30N2OS/c1-18-6-3-4-8-21(18)9-12-24-11-5-7-20(16-24)15-23(2)22(25)14-19-10-13-26-17-19/h3-4,6,8,10,13,17,20H,5,7,9,11-12,14-16H2,1-2H3/t20-/m1/s1. The van der Waals surface area contributed by atoms with Crippen LogP contribution in [0, 0.1) is 12.8 Å². The molecule has 1 aromatic carbocycles. The van der Waals surface area contributed by atoms with E-state index in [1.165, 1.54) is 30.5 Å². The van der Waals surface area contributed by atoms with E-state index in [-0.39, 0.29) is 5.91 Å². The Morgan fingerprint density at radius 3 is 2.92 bits per heavy atom. The van der Waals surface area contributed by atoms with E-state index >= 15 is 0 Å². The Morgan fingerprint density at radius 2 is 2.15 bits per heavy atom. The van der Waals surface area contributed by atoms with Crippen LogP contribution in [-0.2, 0) is 17.6 Å². The van der Waals surface area contributed by atoms with Gasteiger partial charge in [0.2, 0.25) is 5.91 Å². The molecular weight excluding hydrogens is 340 g/mol. The Kier molecular flexibility index (Phi) is 6.86. The Balaban J connectivity index is 1.45. The highest BCUT2D eigenvalue weighted by atomic mass is 32.1. The van der Waals surface area contributed by atoms with Crippen LogP contribution in [0.15, 0.2) is 41.1 Å². The van der Waals surface area contributed by atoms with E-state index in [2.05, 4.69) is 41.5 Å². The first-order chi connectivity index (χ1) is 12.6. The van der Waals surface area contributed by atoms with Crippen LogP contribution in [0.5, 0.6) is 0 Å². The third-order valence-corrected chi connectivity index (χ3v) is 6.19. The van der Waals surface area contributed by atoms with Crippen LogP contribution in [0.1, 0.15) is 29.5 Å². The maximum atomic E-state index is 12.4. The zero-order valence-electron chi connectivity index (χ0n) is 16.0. The Hall–Kier alpha value is -1.65. The lowest BCUT2D eigenvalue weighted by atomic mass is 9.96. The lowest BCUT2D eigenvalue weighted by Crippen LogP contribution is -2.42. The van der Waals surface area contributed by atoms with E-state index in [9.17, 15) is 4.79 Å². The van der Waals surface area contributed by atoms with Crippen LogP contribution >= 0.6 is 11.3 Å². The predicted molar refractivity (Wildman–Crippen MR) is 110 cm³/mol. The van der Waals surface area contributed by atoms with Crippen LogP contribution < -0.4 is 0 Å². The zero-order chi connectivity index (χ0) is 18.4. The number of nitrogens with zero attached hydrogens (tertiary/aromatic N) is 2. The Bertz CT molecular complexity index is 698. The van der Waals surface area contributed by atoms with E-state index in [0.29, 0.717) is 12.3 Å². The molecule has 0 saturated carbocycles. The number of piperidine rings is 1. The summed E-state index contributed by atoms with van der Waals surface area (Å²) in [6, 6.07) is 10.7. The lowest BCUT2D eigenvalue weighted by Gasteiger charge is -2.35. The summed E-state index contributed by atoms with van der Waals surface area (Å²) in [5, 5.41) is 4.11. The maximum Gasteiger partial charge on any atom is 0.226 e. The van der Waals surface area contributed by atoms with Crippen molar-refractivity contribution >= 4 is 17.2 Å². The molecule has 0 radical (unpaired) electrons. The molecule has 1 saturated heterocycles. The minimum absolute atomic E-state index is 0.237. The minimum atomic E-state index is 0.237. The number of hydrogen-bond acceptors (Lipinski definition) is 3. The van der Waals surface area contributed by atoms with Crippen molar-refractivity contribution in [1.82, 2.24) is 9.80 Å². The number of hydrogen-bond donors (Lipinski definition) is 0. The highest BCUT2D eigenvalue weighted by Gasteiger charge is 2.22. The Labute approximate surface area is 161 Å². The average molecular weight is 371 g/mol. The fourth-order valence-electron chi connectivity index (χ4n) is 3.86. The van der Waals surface area contributed by atoms with Crippen molar-refractivity contribution in [1.29, 1.82) is 0 Å². The summed E-state index contributed by atoms with van der Waals surface area (Å²) in [4.78, 5) is 16.9. The molecule has 0 bridgehead atoms. The van der Waals surface area contributed by atoms with E-state index in [0.717, 1.165) is 31.6 Å². The fourth-order valence-corrected chi connectivity index (χ4v) is 4.53. The van der Waals surface area contributed by atoms with Crippen molar-refractivity contribution in [3.63, 3.8) is 0 Å². The number of thiophene rings is 1. The van der Waals surface area contributed by atoms with Crippen molar-refractivity contribution in [2.75, 3.05) is 33.2 Å². The summed E-state index contributed by atoms with van der Waals surface area (Å²) in [6.07, 6.45) is 4.12. The van der Waals surface area contributed by atoms with Gasteiger partial charge in [-0.25, -0.2) is 0 Å². The van der Waals surface area contributed by atoms with Gasteiger partial charge in [-0.3, -0.25) is 4.79 Å². The number of rotatable bonds is 7. The van der Waals surface area contributed by atoms with Gasteiger partial charge >= 0.3 is 0 Å². The zero-order valence-corrected chi connectivity index (χ0v) is 16.8. The first kappa shape index (κ1) is 19.1. The number of aryl methyl sites for hydroxylation is 1. The van der Waals surface area contributed by atoms with Gasteiger partial charge in [-0.2, -0.15) is 11.3 Å². The quantitative estimate of drug-likeness (QED) is 0.735. The molecule has 1 fully saturated rings. The van der Waals surface area contributed by atoms with Gasteiger partial charge in [0.1, 0.15) is 0 Å². The highest BCUT2D eigenvalue weighted by Crippen LogP contribution is 2.19. The molecule has 1 atom stereocenters. The molecule has 4 heteroatoms. The Morgan fingerprint density at radius 1 is 1.31 bits per heavy atom. The summed E-state index contributed by atoms with van der Waals surface area (Å²) in [5.74, 6) is 0.831. The molecule has 2 aromatic rings. The largest absolute Gasteiger partial charge is 0.345 e. The van der Waals surface area contributed by atoms with Crippen molar-refractivity contribution < 1.29 is 4.79 Å². The smallest absolute Gasteiger partial charge is 0.226 e. The van der Waals surface area contributed by atoms with Crippen LogP contribution in [0.2, 0.25) is 0 Å². The minimum Gasteiger partial charge on any atom is -0.345 e. The molecule has 3 nitrogen and oxygen atoms in total. The number of likely N-dealkylation sites (tertiary alicyclic amines) is 1. The second kappa shape index (κ2) is 9.33. The number of likely N-dealkylation sites (N-methyl/N-ethyl adjacent to an activating group) is 1. The average Bonchev–Trinajstić information content (AvgIpc) is 3.14. The van der Waals surface area contributed by atoms with E-state index in [1.807, 2.05) is 23.4 Å². The topological polar surface area (TPSA) is 23.6 Å². The molecule has 1 amide bonds. The van der Waals surface area contributed by atoms with Gasteiger partial charge in [0, 0.05) is 26.7 Å². The van der Waals surface area contributed by atoms with E-state index in [4.69, 9.17) is 0 Å². The third-order valence-electron chi connectivity index (χ3n) is 5.46. The molecule has 0 N–H and O–H groups in total. The predicted octanol–water partition coefficient (Wildman–Crippen LogP) is 4.01. The molecule has 1 aliphatic rings. The molecule has 140 valence electrons. The summed E-state index contributed by atoms with van der Waals surface area (Å²) < 4.78 is 0. The van der Waals surface area contributed by atoms with Gasteiger partial charge in [-0.1, -0.05) is 24.3 Å². The lowest BCUT2D eigenvalue weighted by molar-refractivity contribution is -0.130. The number of carbonyl (C=O) groups is 1. The first-order valence-electron chi connectivity index (χ1n) is 9.63. The van der Waals surface area contributed by atoms with Crippen LogP contribution in [0.25, 0.3) is 0 Å². The van der Waals surface area contributed by atoms with Crippen LogP contribution in [0.3, 0.4) is 0 Å². The molecular formula is C22H30N2OS. The van der Waals surface area contributed by atoms with Gasteiger partial charge in [0.15, 0.2) is 0 Å². The molecule has 2 heterocycles. The first-order valence-corrected chi connectivity index (χ1v) is 10.6. The summed E-state index contributed by atoms with van der Waals surface area (Å²) in [6.45, 7) is 6.50. The normalized spacial score (nSPS) is 18.0. The van der Waals surface area contributed by atoms with Gasteiger partial charge < -0.3 is 9.80 Å². The molecule has 3 rings (SSSR count). The van der Waals surface area contributed by atoms with Crippen LogP contribution in [0.4, 0.5) is 0 Å². The number of amides is 1. The second-order valence-corrected chi connectivity index (χ2v) is 8.35. The van der Waals surface area contributed by atoms with E-state index < -0.39 is 0 Å². The van der Waals surface area contributed by atoms with Gasteiger partial charge in [-0.15, -0.1) is 0 Å². The number of benzene rings is 1. The van der Waals surface area contributed by atoms with Gasteiger partial charge in [0.25, 0.3) is 0 Å². The molecule has 1 aliphatic heterocycles. The summed E-state index contributed by atoms with van der Waals surface area (Å²) >= 11 is 1.66. The van der Waals surface area contributed by atoms with Crippen molar-refractivity contribution in [3.8, 4) is 0 Å². The SMILES string of the molecule is Cc1ccccc1CCN1CCC[C@H](CN(C)C(=O)Cc2ccsc2)C1. The summed E-state index contributed by atoms with van der Waals surface area (Å²) in [5.41, 5.74) is 3.98. The number of carbonyl (C=O) groups excluding carboxylic acids is 1. The molecule has 0 unspecified atom stereocenters. The van der Waals surface area contributed by atoms with Crippen molar-refractivity contribution in [2.45, 2.75) is 32.6 Å². The maximum absolute atomic E-state index is 12.4. The van der Waals surface area contributed by atoms with Gasteiger partial charge in [-0.05, 0) is 72.2 Å². The fraction of sp³-hybridized carbons (Fsp3) is 0.500. The molecule has 1 aromatic heterocycles. The van der Waals surface area contributed by atoms with Gasteiger partial charge in [0.05, 0.1) is 6.42 Å². The highest BCUT2D eigenvalue weighted by molar-refractivity contribution is 7.08. The molecule has 0 aliphatic carbocycles. The van der Waals surface area contributed by atoms with Crippen molar-refractivity contribution in [2.24, 2.45) is 5.92 Å². The van der Waals surface area contributed by atoms with Crippen LogP contribution in [-0.4, -0.2) is 48.9 Å². The second-order valence-electron chi connectivity index (χ2n) is 7.57. The third kappa shape index (κ3) is 5.42. The summed E-state index contributed by atoms with van der Waals surface area (Å²) in [7, 11) is 1.96. The monoisotopic (exact) mass is 370 g/mol. The van der Waals surface area contributed by atoms with E-state index in [1.54, 1.807) is 11.3 Å². The molecule has 0 spiro atoms. The molecule has 26 heavy (non-hydrogen) atoms.